The number of nitrogens with one attached hydrogen (secondary N) is 1. The van der Waals surface area contributed by atoms with Crippen LogP contribution in [0.4, 0.5) is 4.79 Å². The predicted molar refractivity (Wildman–Crippen MR) is 193 cm³/mol. The number of rotatable bonds is 2. The number of fused-ring (bicyclic) bond motifs is 7. The Morgan fingerprint density at radius 2 is 1.71 bits per heavy atom. The van der Waals surface area contributed by atoms with Gasteiger partial charge in [0.1, 0.15) is 24.3 Å². The second-order valence-corrected chi connectivity index (χ2v) is 17.5. The number of hydrogen-bond acceptors (Lipinski definition) is 10. The van der Waals surface area contributed by atoms with Gasteiger partial charge >= 0.3 is 19.2 Å². The van der Waals surface area contributed by atoms with Crippen LogP contribution in [-0.2, 0) is 34.9 Å². The Labute approximate surface area is 305 Å². The van der Waals surface area contributed by atoms with E-state index in [1.807, 2.05) is 54.5 Å². The van der Waals surface area contributed by atoms with E-state index in [1.54, 1.807) is 16.7 Å². The number of hydrogen-bond donors (Lipinski definition) is 1. The molecule has 52 heavy (non-hydrogen) atoms. The van der Waals surface area contributed by atoms with E-state index in [0.29, 0.717) is 29.3 Å². The maximum absolute atomic E-state index is 14.3. The van der Waals surface area contributed by atoms with E-state index in [0.717, 1.165) is 44.0 Å². The van der Waals surface area contributed by atoms with Crippen LogP contribution in [0.25, 0.3) is 10.9 Å². The Bertz CT molecular complexity index is 1790. The highest BCUT2D eigenvalue weighted by molar-refractivity contribution is 6.62. The van der Waals surface area contributed by atoms with Crippen LogP contribution >= 0.6 is 0 Å². The predicted octanol–water partition coefficient (Wildman–Crippen LogP) is 3.96. The summed E-state index contributed by atoms with van der Waals surface area (Å²) in [4.78, 5) is 61.4. The number of nitrogens with zero attached hydrogens (tertiary/aromatic N) is 3. The largest absolute Gasteiger partial charge is 0.494 e. The molecule has 4 heterocycles. The van der Waals surface area contributed by atoms with Crippen LogP contribution in [0.5, 0.6) is 6.01 Å². The highest BCUT2D eigenvalue weighted by Crippen LogP contribution is 2.57. The summed E-state index contributed by atoms with van der Waals surface area (Å²) in [5, 5.41) is 3.32. The first kappa shape index (κ1) is 36.7. The van der Waals surface area contributed by atoms with E-state index >= 15 is 0 Å². The summed E-state index contributed by atoms with van der Waals surface area (Å²) in [7, 11) is 0.636. The van der Waals surface area contributed by atoms with Gasteiger partial charge in [-0.05, 0) is 94.1 Å². The summed E-state index contributed by atoms with van der Waals surface area (Å²) in [5.41, 5.74) is -0.857. The number of methoxy groups -OCH3 is 1. The molecular formula is C38H53BN4O9. The normalized spacial score (nSPS) is 31.7. The summed E-state index contributed by atoms with van der Waals surface area (Å²) in [5.74, 6) is 0.369. The summed E-state index contributed by atoms with van der Waals surface area (Å²) < 4.78 is 31.8. The lowest BCUT2D eigenvalue weighted by Crippen LogP contribution is -2.57. The molecule has 5 aliphatic rings. The second-order valence-electron chi connectivity index (χ2n) is 17.5. The molecule has 7 rings (SSSR count). The van der Waals surface area contributed by atoms with E-state index < -0.39 is 59.9 Å². The van der Waals surface area contributed by atoms with Crippen LogP contribution in [-0.4, -0.2) is 88.7 Å². The summed E-state index contributed by atoms with van der Waals surface area (Å²) >= 11 is 0. The Kier molecular flexibility index (Phi) is 9.41. The lowest BCUT2D eigenvalue weighted by atomic mass is 9.79. The molecule has 1 aromatic carbocycles. The zero-order chi connectivity index (χ0) is 37.3. The molecule has 2 aliphatic carbocycles. The minimum Gasteiger partial charge on any atom is -0.467 e. The first-order valence-electron chi connectivity index (χ1n) is 18.9. The van der Waals surface area contributed by atoms with Crippen molar-refractivity contribution < 1.29 is 37.9 Å². The van der Waals surface area contributed by atoms with E-state index in [9.17, 15) is 19.2 Å². The third-order valence-corrected chi connectivity index (χ3v) is 12.4. The zero-order valence-electron chi connectivity index (χ0n) is 31.7. The molecule has 2 saturated carbocycles. The minimum absolute atomic E-state index is 0.0256. The smallest absolute Gasteiger partial charge is 0.467 e. The molecule has 2 saturated heterocycles. The van der Waals surface area contributed by atoms with E-state index in [1.165, 1.54) is 12.0 Å². The van der Waals surface area contributed by atoms with Gasteiger partial charge in [0.2, 0.25) is 5.91 Å². The van der Waals surface area contributed by atoms with Gasteiger partial charge in [0.05, 0.1) is 35.8 Å². The number of benzene rings is 1. The molecule has 2 amide bonds. The number of carbonyl (C=O) groups is 3. The van der Waals surface area contributed by atoms with Crippen LogP contribution in [0.1, 0.15) is 93.4 Å². The average molecular weight is 721 g/mol. The van der Waals surface area contributed by atoms with Crippen molar-refractivity contribution in [3.63, 3.8) is 0 Å². The number of carbonyl (C=O) groups excluding carboxylic acids is 3. The molecule has 0 radical (unpaired) electrons. The van der Waals surface area contributed by atoms with E-state index in [-0.39, 0.29) is 36.6 Å². The molecule has 0 spiro atoms. The van der Waals surface area contributed by atoms with Crippen molar-refractivity contribution in [2.75, 3.05) is 13.7 Å². The molecule has 13 nitrogen and oxygen atoms in total. The topological polar surface area (TPSA) is 148 Å². The van der Waals surface area contributed by atoms with Crippen LogP contribution in [0, 0.1) is 23.2 Å². The molecule has 4 fully saturated rings. The lowest BCUT2D eigenvalue weighted by molar-refractivity contribution is -0.152. The zero-order valence-corrected chi connectivity index (χ0v) is 31.7. The van der Waals surface area contributed by atoms with Crippen LogP contribution in [0.2, 0.25) is 0 Å². The van der Waals surface area contributed by atoms with Crippen LogP contribution in [0.15, 0.2) is 23.0 Å². The molecule has 1 aromatic heterocycles. The summed E-state index contributed by atoms with van der Waals surface area (Å²) in [6.07, 6.45) is 4.06. The molecule has 7 atom stereocenters. The van der Waals surface area contributed by atoms with Crippen molar-refractivity contribution in [2.24, 2.45) is 23.2 Å². The molecule has 2 bridgehead atoms. The Morgan fingerprint density at radius 1 is 0.981 bits per heavy atom. The highest BCUT2D eigenvalue weighted by Gasteiger charge is 2.55. The van der Waals surface area contributed by atoms with Gasteiger partial charge in [-0.25, -0.2) is 9.59 Å². The van der Waals surface area contributed by atoms with Crippen molar-refractivity contribution in [2.45, 2.75) is 135 Å². The number of aromatic nitrogens is 2. The van der Waals surface area contributed by atoms with Crippen LogP contribution < -0.4 is 21.1 Å². The number of esters is 1. The van der Waals surface area contributed by atoms with Gasteiger partial charge < -0.3 is 33.7 Å². The lowest BCUT2D eigenvalue weighted by Gasteiger charge is -2.35. The molecule has 1 unspecified atom stereocenters. The van der Waals surface area contributed by atoms with Gasteiger partial charge in [0.15, 0.2) is 0 Å². The fraction of sp³-hybridized carbons (Fsp3) is 0.711. The number of amides is 2. The monoisotopic (exact) mass is 720 g/mol. The van der Waals surface area contributed by atoms with E-state index in [4.69, 9.17) is 28.5 Å². The van der Waals surface area contributed by atoms with Gasteiger partial charge in [0.25, 0.3) is 11.6 Å². The Balaban J connectivity index is 1.24. The first-order chi connectivity index (χ1) is 24.5. The van der Waals surface area contributed by atoms with Crippen LogP contribution in [0.3, 0.4) is 0 Å². The Hall–Kier alpha value is -3.65. The molecular weight excluding hydrogens is 667 g/mol. The summed E-state index contributed by atoms with van der Waals surface area (Å²) in [6.45, 7) is 13.9. The third kappa shape index (κ3) is 6.81. The third-order valence-electron chi connectivity index (χ3n) is 12.4. The van der Waals surface area contributed by atoms with Crippen molar-refractivity contribution in [1.82, 2.24) is 19.8 Å². The quantitative estimate of drug-likeness (QED) is 0.357. The van der Waals surface area contributed by atoms with Crippen molar-refractivity contribution in [1.29, 1.82) is 0 Å². The molecule has 282 valence electrons. The SMILES string of the molecule is COC(=O)[C@@H]1C[C@@H]2CN1C(=O)[C@H](C(C)(C)C)NC(=O)O[C@@H]1CC3C[C@@H]3[C@H]1CCCCCn1c(nc3cc(B4OC(C)(C)C(C)(C)O4)ccc3c1=O)O2. The molecule has 3 aliphatic heterocycles. The first-order valence-corrected chi connectivity index (χ1v) is 18.9. The van der Waals surface area contributed by atoms with Gasteiger partial charge in [-0.15, -0.1) is 0 Å². The van der Waals surface area contributed by atoms with Crippen molar-refractivity contribution in [3.8, 4) is 6.01 Å². The maximum Gasteiger partial charge on any atom is 0.494 e. The fourth-order valence-corrected chi connectivity index (χ4v) is 8.55. The highest BCUT2D eigenvalue weighted by atomic mass is 16.7. The molecule has 2 aromatic rings. The minimum atomic E-state index is -0.982. The van der Waals surface area contributed by atoms with Gasteiger partial charge in [0, 0.05) is 13.0 Å². The fourth-order valence-electron chi connectivity index (χ4n) is 8.55. The van der Waals surface area contributed by atoms with Crippen molar-refractivity contribution >= 4 is 41.5 Å². The Morgan fingerprint density at radius 3 is 2.40 bits per heavy atom. The second kappa shape index (κ2) is 13.3. The van der Waals surface area contributed by atoms with Crippen molar-refractivity contribution in [3.05, 3.63) is 28.6 Å². The van der Waals surface area contributed by atoms with Gasteiger partial charge in [-0.2, -0.15) is 4.98 Å². The maximum atomic E-state index is 14.3. The molecule has 1 N–H and O–H groups in total. The standard InChI is InChI=1S/C38H53BN4O9/c1-36(2,3)30-32(45)43-20-23(19-28(43)33(46)48-8)49-34-40-27-18-22(39-51-37(4,5)38(6,7)52-39)13-14-25(27)31(44)42(34)15-11-9-10-12-24-26-16-21(26)17-29(24)50-35(47)41-30/h13-14,18,21,23-24,26,28-30H,9-12,15-17,19-20H2,1-8H3,(H,41,47)/t21?,23-,24-,26+,28+,29-,30-/m1/s1. The van der Waals surface area contributed by atoms with E-state index in [2.05, 4.69) is 5.32 Å². The number of ether oxygens (including phenoxy) is 3. The van der Waals surface area contributed by atoms with Gasteiger partial charge in [-0.1, -0.05) is 39.7 Å². The van der Waals surface area contributed by atoms with Gasteiger partial charge in [-0.3, -0.25) is 14.2 Å². The number of alkyl carbamates (subject to hydrolysis) is 1. The molecule has 14 heteroatoms. The summed E-state index contributed by atoms with van der Waals surface area (Å²) in [6, 6.07) is 3.59. The average Bonchev–Trinajstić information content (AvgIpc) is 3.45.